The van der Waals surface area contributed by atoms with Crippen LogP contribution in [-0.2, 0) is 11.2 Å². The zero-order valence-electron chi connectivity index (χ0n) is 18.0. The Hall–Kier alpha value is -3.55. The Bertz CT molecular complexity index is 1130. The molecule has 0 atom stereocenters. The Balaban J connectivity index is 1.34. The maximum atomic E-state index is 13.1. The van der Waals surface area contributed by atoms with Gasteiger partial charge in [0, 0.05) is 37.2 Å². The lowest BCUT2D eigenvalue weighted by atomic mass is 9.82. The summed E-state index contributed by atoms with van der Waals surface area (Å²) in [7, 11) is 3.06. The first-order valence-corrected chi connectivity index (χ1v) is 10.6. The van der Waals surface area contributed by atoms with Crippen LogP contribution in [0.1, 0.15) is 45.5 Å². The minimum atomic E-state index is -0.672. The van der Waals surface area contributed by atoms with Crippen LogP contribution in [0.2, 0.25) is 0 Å². The SMILES string of the molecule is COc1ccc2c(c1OC)OC1(CCN(C(=O)c3ccc4c(c3)CC(=O)N4)CC1)CC2=O. The van der Waals surface area contributed by atoms with Gasteiger partial charge in [-0.1, -0.05) is 0 Å². The summed E-state index contributed by atoms with van der Waals surface area (Å²) in [5.41, 5.74) is 1.99. The molecule has 2 aromatic carbocycles. The van der Waals surface area contributed by atoms with Crippen LogP contribution in [0.4, 0.5) is 5.69 Å². The van der Waals surface area contributed by atoms with Crippen LogP contribution in [0.5, 0.6) is 17.2 Å². The lowest BCUT2D eigenvalue weighted by Gasteiger charge is -2.44. The number of rotatable bonds is 3. The van der Waals surface area contributed by atoms with Crippen molar-refractivity contribution >= 4 is 23.3 Å². The number of ether oxygens (including phenoxy) is 3. The molecule has 0 bridgehead atoms. The highest BCUT2D eigenvalue weighted by Gasteiger charge is 2.45. The van der Waals surface area contributed by atoms with Crippen molar-refractivity contribution in [3.05, 3.63) is 47.0 Å². The number of fused-ring (bicyclic) bond motifs is 2. The molecule has 0 aliphatic carbocycles. The third kappa shape index (κ3) is 3.26. The van der Waals surface area contributed by atoms with E-state index in [-0.39, 0.29) is 24.0 Å². The molecule has 8 heteroatoms. The lowest BCUT2D eigenvalue weighted by molar-refractivity contribution is -0.115. The minimum absolute atomic E-state index is 0.00256. The summed E-state index contributed by atoms with van der Waals surface area (Å²) >= 11 is 0. The van der Waals surface area contributed by atoms with E-state index in [2.05, 4.69) is 5.32 Å². The molecule has 8 nitrogen and oxygen atoms in total. The number of amides is 2. The summed E-state index contributed by atoms with van der Waals surface area (Å²) in [5.74, 6) is 1.20. The molecule has 0 saturated carbocycles. The van der Waals surface area contributed by atoms with E-state index in [4.69, 9.17) is 14.2 Å². The van der Waals surface area contributed by atoms with Crippen LogP contribution in [0.3, 0.4) is 0 Å². The van der Waals surface area contributed by atoms with Crippen molar-refractivity contribution in [3.63, 3.8) is 0 Å². The molecule has 0 unspecified atom stereocenters. The van der Waals surface area contributed by atoms with Crippen LogP contribution in [0, 0.1) is 0 Å². The fourth-order valence-corrected chi connectivity index (χ4v) is 4.80. The Morgan fingerprint density at radius 1 is 1.09 bits per heavy atom. The summed E-state index contributed by atoms with van der Waals surface area (Å²) in [6.45, 7) is 0.948. The largest absolute Gasteiger partial charge is 0.493 e. The van der Waals surface area contributed by atoms with E-state index in [0.29, 0.717) is 60.7 Å². The quantitative estimate of drug-likeness (QED) is 0.795. The number of carbonyl (C=O) groups is 3. The second-order valence-corrected chi connectivity index (χ2v) is 8.45. The summed E-state index contributed by atoms with van der Waals surface area (Å²) < 4.78 is 17.2. The van der Waals surface area contributed by atoms with Gasteiger partial charge in [0.25, 0.3) is 5.91 Å². The Morgan fingerprint density at radius 2 is 1.88 bits per heavy atom. The van der Waals surface area contributed by atoms with E-state index in [1.165, 1.54) is 7.11 Å². The molecule has 0 radical (unpaired) electrons. The number of hydrogen-bond acceptors (Lipinski definition) is 6. The van der Waals surface area contributed by atoms with Crippen molar-refractivity contribution in [3.8, 4) is 17.2 Å². The van der Waals surface area contributed by atoms with Crippen molar-refractivity contribution in [2.45, 2.75) is 31.3 Å². The van der Waals surface area contributed by atoms with Gasteiger partial charge in [-0.05, 0) is 35.9 Å². The van der Waals surface area contributed by atoms with Gasteiger partial charge in [-0.25, -0.2) is 0 Å². The van der Waals surface area contributed by atoms with Crippen LogP contribution in [0.15, 0.2) is 30.3 Å². The monoisotopic (exact) mass is 436 g/mol. The zero-order chi connectivity index (χ0) is 22.5. The molecule has 32 heavy (non-hydrogen) atoms. The van der Waals surface area contributed by atoms with Gasteiger partial charge in [0.15, 0.2) is 17.3 Å². The van der Waals surface area contributed by atoms with Crippen LogP contribution in [-0.4, -0.2) is 55.4 Å². The molecule has 3 aliphatic rings. The van der Waals surface area contributed by atoms with E-state index in [9.17, 15) is 14.4 Å². The van der Waals surface area contributed by atoms with Gasteiger partial charge in [-0.3, -0.25) is 14.4 Å². The van der Waals surface area contributed by atoms with Crippen molar-refractivity contribution in [2.24, 2.45) is 0 Å². The van der Waals surface area contributed by atoms with Gasteiger partial charge in [-0.15, -0.1) is 0 Å². The maximum absolute atomic E-state index is 13.1. The standard InChI is InChI=1S/C24H24N2O6/c1-30-19-6-4-16-18(27)13-24(32-21(16)22(19)31-2)7-9-26(10-8-24)23(29)14-3-5-17-15(11-14)12-20(28)25-17/h3-6,11H,7-10,12-13H2,1-2H3,(H,25,28). The molecule has 3 aliphatic heterocycles. The molecule has 3 heterocycles. The molecule has 1 spiro atoms. The predicted octanol–water partition coefficient (Wildman–Crippen LogP) is 2.84. The number of nitrogens with one attached hydrogen (secondary N) is 1. The van der Waals surface area contributed by atoms with Crippen LogP contribution >= 0.6 is 0 Å². The molecular formula is C24H24N2O6. The fraction of sp³-hybridized carbons (Fsp3) is 0.375. The molecule has 0 aromatic heterocycles. The third-order valence-electron chi connectivity index (χ3n) is 6.54. The third-order valence-corrected chi connectivity index (χ3v) is 6.54. The van der Waals surface area contributed by atoms with Crippen molar-refractivity contribution in [1.29, 1.82) is 0 Å². The van der Waals surface area contributed by atoms with E-state index in [1.807, 2.05) is 0 Å². The molecule has 1 N–H and O–H groups in total. The van der Waals surface area contributed by atoms with Gasteiger partial charge in [0.05, 0.1) is 32.6 Å². The number of methoxy groups -OCH3 is 2. The van der Waals surface area contributed by atoms with Gasteiger partial charge in [0.2, 0.25) is 11.7 Å². The average molecular weight is 436 g/mol. The van der Waals surface area contributed by atoms with Gasteiger partial charge in [0.1, 0.15) is 5.60 Å². The van der Waals surface area contributed by atoms with Gasteiger partial charge >= 0.3 is 0 Å². The van der Waals surface area contributed by atoms with Crippen molar-refractivity contribution in [2.75, 3.05) is 32.6 Å². The van der Waals surface area contributed by atoms with E-state index < -0.39 is 5.60 Å². The molecule has 1 fully saturated rings. The second-order valence-electron chi connectivity index (χ2n) is 8.45. The summed E-state index contributed by atoms with van der Waals surface area (Å²) in [4.78, 5) is 39.4. The number of piperidine rings is 1. The average Bonchev–Trinajstić information content (AvgIpc) is 3.17. The normalized spacial score (nSPS) is 18.5. The highest BCUT2D eigenvalue weighted by molar-refractivity contribution is 6.02. The second kappa shape index (κ2) is 7.55. The van der Waals surface area contributed by atoms with E-state index in [0.717, 1.165) is 11.3 Å². The Morgan fingerprint density at radius 3 is 2.59 bits per heavy atom. The molecule has 2 amide bonds. The topological polar surface area (TPSA) is 94.2 Å². The predicted molar refractivity (Wildman–Crippen MR) is 116 cm³/mol. The fourth-order valence-electron chi connectivity index (χ4n) is 4.80. The van der Waals surface area contributed by atoms with Crippen molar-refractivity contribution < 1.29 is 28.6 Å². The number of nitrogens with zero attached hydrogens (tertiary/aromatic N) is 1. The first kappa shape index (κ1) is 20.4. The van der Waals surface area contributed by atoms with Crippen LogP contribution < -0.4 is 19.5 Å². The highest BCUT2D eigenvalue weighted by atomic mass is 16.5. The first-order valence-electron chi connectivity index (χ1n) is 10.6. The minimum Gasteiger partial charge on any atom is -0.493 e. The molecule has 1 saturated heterocycles. The van der Waals surface area contributed by atoms with Gasteiger partial charge in [-0.2, -0.15) is 0 Å². The zero-order valence-corrected chi connectivity index (χ0v) is 18.0. The van der Waals surface area contributed by atoms with Crippen LogP contribution in [0.25, 0.3) is 0 Å². The van der Waals surface area contributed by atoms with E-state index in [1.54, 1.807) is 42.3 Å². The summed E-state index contributed by atoms with van der Waals surface area (Å²) in [6, 6.07) is 8.72. The number of Topliss-reactive ketones (excluding diaryl/α,β-unsaturated/α-hetero) is 1. The lowest BCUT2D eigenvalue weighted by Crippen LogP contribution is -2.52. The summed E-state index contributed by atoms with van der Waals surface area (Å²) in [5, 5.41) is 2.78. The smallest absolute Gasteiger partial charge is 0.253 e. The Labute approximate surface area is 185 Å². The molecule has 166 valence electrons. The van der Waals surface area contributed by atoms with E-state index >= 15 is 0 Å². The Kier molecular flexibility index (Phi) is 4.80. The highest BCUT2D eigenvalue weighted by Crippen LogP contribution is 2.47. The number of carbonyl (C=O) groups excluding carboxylic acids is 3. The van der Waals surface area contributed by atoms with Gasteiger partial charge < -0.3 is 24.4 Å². The number of anilines is 1. The molecule has 5 rings (SSSR count). The first-order chi connectivity index (χ1) is 15.4. The van der Waals surface area contributed by atoms with Crippen molar-refractivity contribution in [1.82, 2.24) is 4.90 Å². The number of likely N-dealkylation sites (tertiary alicyclic amines) is 1. The molecule has 2 aromatic rings. The number of benzene rings is 2. The number of ketones is 1. The maximum Gasteiger partial charge on any atom is 0.253 e. The number of hydrogen-bond donors (Lipinski definition) is 1. The summed E-state index contributed by atoms with van der Waals surface area (Å²) in [6.07, 6.45) is 1.63. The molecular weight excluding hydrogens is 412 g/mol.